The normalized spacial score (nSPS) is 33.9. The van der Waals surface area contributed by atoms with Gasteiger partial charge in [-0.25, -0.2) is 4.79 Å². The topological polar surface area (TPSA) is 153 Å². The van der Waals surface area contributed by atoms with Crippen LogP contribution in [0.5, 0.6) is 11.5 Å². The van der Waals surface area contributed by atoms with Crippen molar-refractivity contribution < 1.29 is 39.5 Å². The van der Waals surface area contributed by atoms with Crippen molar-refractivity contribution in [3.8, 4) is 11.5 Å². The molecule has 0 aliphatic heterocycles. The quantitative estimate of drug-likeness (QED) is 0.312. The Morgan fingerprint density at radius 3 is 2.65 bits per heavy atom. The smallest absolute Gasteiger partial charge is 0.341 e. The van der Waals surface area contributed by atoms with Gasteiger partial charge in [-0.3, -0.25) is 9.59 Å². The Labute approximate surface area is 197 Å². The van der Waals surface area contributed by atoms with Crippen molar-refractivity contribution in [3.05, 3.63) is 29.8 Å². The number of fused-ring (bicyclic) bond motifs is 1. The minimum absolute atomic E-state index is 0.0211. The molecule has 3 aliphatic rings. The Morgan fingerprint density at radius 1 is 1.24 bits per heavy atom. The molecular formula is C25H31NO8. The zero-order valence-corrected chi connectivity index (χ0v) is 19.3. The number of phenols is 2. The average molecular weight is 474 g/mol. The predicted octanol–water partition coefficient (Wildman–Crippen LogP) is 2.28. The van der Waals surface area contributed by atoms with Gasteiger partial charge in [-0.2, -0.15) is 0 Å². The molecule has 1 amide bonds. The highest BCUT2D eigenvalue weighted by Crippen LogP contribution is 2.65. The second-order valence-electron chi connectivity index (χ2n) is 10.2. The maximum atomic E-state index is 13.0. The number of anilines is 1. The summed E-state index contributed by atoms with van der Waals surface area (Å²) in [6, 6.07) is 2.36. The maximum absolute atomic E-state index is 13.0. The third kappa shape index (κ3) is 3.67. The largest absolute Gasteiger partial charge is 0.506 e. The van der Waals surface area contributed by atoms with Crippen LogP contribution in [-0.2, 0) is 14.3 Å². The lowest BCUT2D eigenvalue weighted by atomic mass is 9.52. The number of amides is 1. The van der Waals surface area contributed by atoms with Gasteiger partial charge in [0.2, 0.25) is 5.91 Å². The molecule has 2 bridgehead atoms. The summed E-state index contributed by atoms with van der Waals surface area (Å²) in [6.45, 7) is 1.53. The lowest BCUT2D eigenvalue weighted by Crippen LogP contribution is -2.48. The number of methoxy groups -OCH3 is 1. The van der Waals surface area contributed by atoms with Crippen LogP contribution in [0.15, 0.2) is 24.3 Å². The summed E-state index contributed by atoms with van der Waals surface area (Å²) in [4.78, 5) is 37.6. The first-order valence-electron chi connectivity index (χ1n) is 11.5. The lowest BCUT2D eigenvalue weighted by molar-refractivity contribution is -0.133. The first kappa shape index (κ1) is 24.2. The van der Waals surface area contributed by atoms with Crippen molar-refractivity contribution in [2.45, 2.75) is 51.0 Å². The monoisotopic (exact) mass is 473 g/mol. The SMILES string of the molecule is COC(=O)c1ccc(O)c(NC(=O)CC[C@]2(C)C(=O)C=C[C@@]34C[C@@H](CC[C@H]32)[C@](O)(CO)C4)c1O. The molecule has 1 spiro atoms. The molecule has 34 heavy (non-hydrogen) atoms. The summed E-state index contributed by atoms with van der Waals surface area (Å²) in [5, 5.41) is 43.6. The molecule has 184 valence electrons. The first-order chi connectivity index (χ1) is 16.0. The predicted molar refractivity (Wildman–Crippen MR) is 121 cm³/mol. The summed E-state index contributed by atoms with van der Waals surface area (Å²) in [7, 11) is 1.15. The Kier molecular flexibility index (Phi) is 5.98. The number of rotatable bonds is 6. The molecule has 0 radical (unpaired) electrons. The van der Waals surface area contributed by atoms with E-state index in [4.69, 9.17) is 0 Å². The number of allylic oxidation sites excluding steroid dienone is 2. The maximum Gasteiger partial charge on any atom is 0.341 e. The number of aromatic hydroxyl groups is 2. The molecular weight excluding hydrogens is 442 g/mol. The molecule has 0 aromatic heterocycles. The summed E-state index contributed by atoms with van der Waals surface area (Å²) in [6.07, 6.45) is 6.13. The highest BCUT2D eigenvalue weighted by Gasteiger charge is 2.63. The number of ketones is 1. The zero-order chi connectivity index (χ0) is 24.9. The van der Waals surface area contributed by atoms with Crippen LogP contribution in [0, 0.1) is 22.7 Å². The minimum atomic E-state index is -1.16. The number of carbonyl (C=O) groups excluding carboxylic acids is 3. The molecule has 2 saturated carbocycles. The number of esters is 1. The number of aliphatic hydroxyl groups excluding tert-OH is 1. The van der Waals surface area contributed by atoms with Gasteiger partial charge in [-0.15, -0.1) is 0 Å². The van der Waals surface area contributed by atoms with Crippen LogP contribution >= 0.6 is 0 Å². The number of nitrogens with one attached hydrogen (secondary N) is 1. The fourth-order valence-corrected chi connectivity index (χ4v) is 6.56. The van der Waals surface area contributed by atoms with Crippen molar-refractivity contribution >= 4 is 23.3 Å². The molecule has 4 rings (SSSR count). The van der Waals surface area contributed by atoms with Crippen LogP contribution in [-0.4, -0.2) is 57.4 Å². The summed E-state index contributed by atoms with van der Waals surface area (Å²) in [5.41, 5.74) is -2.89. The second kappa shape index (κ2) is 8.39. The molecule has 0 heterocycles. The number of carbonyl (C=O) groups is 3. The Hall–Kier alpha value is -2.91. The number of phenolic OH excluding ortho intramolecular Hbond substituents is 2. The lowest BCUT2D eigenvalue weighted by Gasteiger charge is -2.50. The van der Waals surface area contributed by atoms with Gasteiger partial charge in [0.05, 0.1) is 19.3 Å². The van der Waals surface area contributed by atoms with E-state index >= 15 is 0 Å². The van der Waals surface area contributed by atoms with E-state index in [1.54, 1.807) is 6.08 Å². The summed E-state index contributed by atoms with van der Waals surface area (Å²) in [5.74, 6) is -2.54. The molecule has 1 aromatic carbocycles. The Bertz CT molecular complexity index is 1070. The zero-order valence-electron chi connectivity index (χ0n) is 19.3. The van der Waals surface area contributed by atoms with Crippen molar-refractivity contribution in [1.82, 2.24) is 0 Å². The van der Waals surface area contributed by atoms with E-state index in [-0.39, 0.29) is 48.3 Å². The molecule has 9 nitrogen and oxygen atoms in total. The molecule has 1 aromatic rings. The molecule has 5 N–H and O–H groups in total. The van der Waals surface area contributed by atoms with Crippen LogP contribution in [0.3, 0.4) is 0 Å². The van der Waals surface area contributed by atoms with E-state index in [1.165, 1.54) is 12.1 Å². The van der Waals surface area contributed by atoms with E-state index in [2.05, 4.69) is 10.1 Å². The molecule has 2 fully saturated rings. The Morgan fingerprint density at radius 2 is 1.97 bits per heavy atom. The standard InChI is InChI=1S/C25H31NO8/c1-23(9-8-19(30)26-20-16(28)5-4-15(21(20)31)22(32)34-2)17-6-3-14-11-24(17,10-7-18(23)29)12-25(14,33)13-27/h4-5,7,10,14,17,27-28,31,33H,3,6,8-9,11-13H2,1-2H3,(H,26,30)/t14-,17+,23+,24+,25-/m1/s1. The van der Waals surface area contributed by atoms with Crippen LogP contribution in [0.25, 0.3) is 0 Å². The third-order valence-electron chi connectivity index (χ3n) is 8.39. The van der Waals surface area contributed by atoms with E-state index in [0.29, 0.717) is 25.7 Å². The molecule has 9 heteroatoms. The van der Waals surface area contributed by atoms with Crippen molar-refractivity contribution in [3.63, 3.8) is 0 Å². The summed E-state index contributed by atoms with van der Waals surface area (Å²) < 4.78 is 4.59. The molecule has 0 saturated heterocycles. The number of hydrogen-bond acceptors (Lipinski definition) is 8. The third-order valence-corrected chi connectivity index (χ3v) is 8.39. The second-order valence-corrected chi connectivity index (χ2v) is 10.2. The van der Waals surface area contributed by atoms with Gasteiger partial charge in [-0.05, 0) is 67.6 Å². The van der Waals surface area contributed by atoms with Crippen molar-refractivity contribution in [2.24, 2.45) is 22.7 Å². The van der Waals surface area contributed by atoms with E-state index in [0.717, 1.165) is 7.11 Å². The van der Waals surface area contributed by atoms with Crippen LogP contribution in [0.4, 0.5) is 5.69 Å². The van der Waals surface area contributed by atoms with Gasteiger partial charge in [-0.1, -0.05) is 13.0 Å². The number of hydrogen-bond donors (Lipinski definition) is 5. The van der Waals surface area contributed by atoms with E-state index < -0.39 is 39.8 Å². The van der Waals surface area contributed by atoms with Crippen LogP contribution in [0.1, 0.15) is 55.8 Å². The van der Waals surface area contributed by atoms with Gasteiger partial charge in [0.25, 0.3) is 0 Å². The minimum Gasteiger partial charge on any atom is -0.506 e. The summed E-state index contributed by atoms with van der Waals surface area (Å²) >= 11 is 0. The van der Waals surface area contributed by atoms with Gasteiger partial charge in [0.15, 0.2) is 11.5 Å². The van der Waals surface area contributed by atoms with Crippen molar-refractivity contribution in [1.29, 1.82) is 0 Å². The van der Waals surface area contributed by atoms with E-state index in [1.807, 2.05) is 13.0 Å². The molecule has 0 unspecified atom stereocenters. The first-order valence-corrected chi connectivity index (χ1v) is 11.5. The fourth-order valence-electron chi connectivity index (χ4n) is 6.56. The van der Waals surface area contributed by atoms with Gasteiger partial charge >= 0.3 is 5.97 Å². The van der Waals surface area contributed by atoms with Crippen LogP contribution < -0.4 is 5.32 Å². The Balaban J connectivity index is 1.52. The highest BCUT2D eigenvalue weighted by molar-refractivity contribution is 6.01. The van der Waals surface area contributed by atoms with Gasteiger partial charge in [0, 0.05) is 11.8 Å². The number of ether oxygens (including phenoxy) is 1. The number of aliphatic hydroxyl groups is 2. The van der Waals surface area contributed by atoms with Gasteiger partial charge < -0.3 is 30.5 Å². The van der Waals surface area contributed by atoms with Crippen LogP contribution in [0.2, 0.25) is 0 Å². The number of benzene rings is 1. The van der Waals surface area contributed by atoms with E-state index in [9.17, 15) is 34.8 Å². The van der Waals surface area contributed by atoms with Gasteiger partial charge in [0.1, 0.15) is 17.0 Å². The highest BCUT2D eigenvalue weighted by atomic mass is 16.5. The average Bonchev–Trinajstić information content (AvgIpc) is 3.03. The molecule has 3 aliphatic carbocycles. The fraction of sp³-hybridized carbons (Fsp3) is 0.560. The molecule has 5 atom stereocenters. The van der Waals surface area contributed by atoms with Crippen molar-refractivity contribution in [2.75, 3.05) is 19.0 Å².